The van der Waals surface area contributed by atoms with Gasteiger partial charge in [-0.15, -0.1) is 0 Å². The summed E-state index contributed by atoms with van der Waals surface area (Å²) in [4.78, 5) is 35.0. The second-order valence-electron chi connectivity index (χ2n) is 16.5. The van der Waals surface area contributed by atoms with Crippen molar-refractivity contribution in [3.8, 4) is 0 Å². The van der Waals surface area contributed by atoms with E-state index < -0.39 is 0 Å². The van der Waals surface area contributed by atoms with Crippen molar-refractivity contribution in [2.24, 2.45) is 23.7 Å². The Morgan fingerprint density at radius 2 is 0.981 bits per heavy atom. The van der Waals surface area contributed by atoms with E-state index in [1.807, 2.05) is 0 Å². The third kappa shape index (κ3) is 8.65. The molecule has 8 heteroatoms. The van der Waals surface area contributed by atoms with Crippen molar-refractivity contribution in [2.45, 2.75) is 118 Å². The van der Waals surface area contributed by atoms with Gasteiger partial charge in [0.05, 0.1) is 38.3 Å². The lowest BCUT2D eigenvalue weighted by molar-refractivity contribution is -0.133. The van der Waals surface area contributed by atoms with Gasteiger partial charge in [0.15, 0.2) is 0 Å². The van der Waals surface area contributed by atoms with E-state index in [-0.39, 0.29) is 47.3 Å². The second-order valence-corrected chi connectivity index (χ2v) is 16.5. The van der Waals surface area contributed by atoms with E-state index in [9.17, 15) is 0 Å². The molecule has 8 nitrogen and oxygen atoms in total. The standard InChI is InChI=1S/C44H66N4O4/c1-7-31-25-35(47-17-21-51-22-18-47)26-32(8-2)41(31)45-43(49)39(33-13-9-10-14-33)40(34-15-11-12-16-34)44(50)46-42-37(29(3)4)27-36(28-38(42)30(5)6)48-19-23-52-24-20-48/h25-30,33-34,39-40H,7-24H2,1-6H3,(H,45,49)(H,46,50). The van der Waals surface area contributed by atoms with Crippen LogP contribution in [0.25, 0.3) is 0 Å². The fraction of sp³-hybridized carbons (Fsp3) is 0.682. The van der Waals surface area contributed by atoms with Crippen LogP contribution >= 0.6 is 0 Å². The molecule has 2 aromatic carbocycles. The smallest absolute Gasteiger partial charge is 0.228 e. The van der Waals surface area contributed by atoms with E-state index in [1.165, 1.54) is 33.6 Å². The van der Waals surface area contributed by atoms with Crippen molar-refractivity contribution in [1.29, 1.82) is 0 Å². The zero-order chi connectivity index (χ0) is 36.8. The third-order valence-electron chi connectivity index (χ3n) is 12.5. The highest BCUT2D eigenvalue weighted by atomic mass is 16.5. The summed E-state index contributed by atoms with van der Waals surface area (Å²) in [6, 6.07) is 9.13. The van der Waals surface area contributed by atoms with Gasteiger partial charge in [-0.1, -0.05) is 67.2 Å². The van der Waals surface area contributed by atoms with Crippen molar-refractivity contribution in [3.63, 3.8) is 0 Å². The van der Waals surface area contributed by atoms with Gasteiger partial charge in [0, 0.05) is 48.9 Å². The first-order chi connectivity index (χ1) is 25.2. The third-order valence-corrected chi connectivity index (χ3v) is 12.5. The summed E-state index contributed by atoms with van der Waals surface area (Å²) in [5, 5.41) is 7.12. The van der Waals surface area contributed by atoms with Crippen molar-refractivity contribution in [3.05, 3.63) is 46.5 Å². The Kier molecular flexibility index (Phi) is 13.2. The summed E-state index contributed by atoms with van der Waals surface area (Å²) in [5.41, 5.74) is 9.04. The number of morpholine rings is 2. The van der Waals surface area contributed by atoms with Crippen LogP contribution in [0.15, 0.2) is 24.3 Å². The normalized spacial score (nSPS) is 20.2. The van der Waals surface area contributed by atoms with Crippen molar-refractivity contribution < 1.29 is 19.1 Å². The van der Waals surface area contributed by atoms with Crippen molar-refractivity contribution in [2.75, 3.05) is 73.0 Å². The highest BCUT2D eigenvalue weighted by Crippen LogP contribution is 2.45. The fourth-order valence-electron chi connectivity index (χ4n) is 9.59. The van der Waals surface area contributed by atoms with Gasteiger partial charge in [0.2, 0.25) is 11.8 Å². The molecule has 0 spiro atoms. The van der Waals surface area contributed by atoms with Gasteiger partial charge in [0.1, 0.15) is 0 Å². The number of ether oxygens (including phenoxy) is 2. The summed E-state index contributed by atoms with van der Waals surface area (Å²) in [6.45, 7) is 19.7. The molecule has 2 saturated carbocycles. The number of carbonyl (C=O) groups is 2. The van der Waals surface area contributed by atoms with Gasteiger partial charge in [-0.3, -0.25) is 9.59 Å². The number of hydrogen-bond donors (Lipinski definition) is 2. The average Bonchev–Trinajstić information content (AvgIpc) is 3.90. The molecule has 2 aromatic rings. The van der Waals surface area contributed by atoms with Crippen LogP contribution in [0.2, 0.25) is 0 Å². The fourth-order valence-corrected chi connectivity index (χ4v) is 9.59. The molecule has 2 aliphatic heterocycles. The van der Waals surface area contributed by atoms with E-state index >= 15 is 9.59 Å². The van der Waals surface area contributed by atoms with Crippen LogP contribution in [-0.2, 0) is 31.9 Å². The number of nitrogens with one attached hydrogen (secondary N) is 2. The molecule has 2 saturated heterocycles. The van der Waals surface area contributed by atoms with Crippen LogP contribution in [-0.4, -0.2) is 64.4 Å². The zero-order valence-corrected chi connectivity index (χ0v) is 33.0. The van der Waals surface area contributed by atoms with Crippen LogP contribution in [0.4, 0.5) is 22.7 Å². The molecule has 2 atom stereocenters. The minimum atomic E-state index is -0.368. The Hall–Kier alpha value is -3.10. The second kappa shape index (κ2) is 17.8. The number of amides is 2. The molecule has 2 unspecified atom stereocenters. The highest BCUT2D eigenvalue weighted by molar-refractivity contribution is 6.01. The topological polar surface area (TPSA) is 83.1 Å². The van der Waals surface area contributed by atoms with Crippen LogP contribution in [0.3, 0.4) is 0 Å². The summed E-state index contributed by atoms with van der Waals surface area (Å²) >= 11 is 0. The average molecular weight is 715 g/mol. The zero-order valence-electron chi connectivity index (χ0n) is 33.0. The molecule has 2 amide bonds. The molecular weight excluding hydrogens is 649 g/mol. The molecule has 4 fully saturated rings. The van der Waals surface area contributed by atoms with Gasteiger partial charge in [-0.2, -0.15) is 0 Å². The lowest BCUT2D eigenvalue weighted by atomic mass is 9.72. The molecule has 2 heterocycles. The first-order valence-corrected chi connectivity index (χ1v) is 20.8. The molecule has 52 heavy (non-hydrogen) atoms. The number of hydrogen-bond acceptors (Lipinski definition) is 6. The molecule has 2 aliphatic carbocycles. The predicted molar refractivity (Wildman–Crippen MR) is 214 cm³/mol. The molecular formula is C44H66N4O4. The lowest BCUT2D eigenvalue weighted by Crippen LogP contribution is -2.44. The van der Waals surface area contributed by atoms with E-state index in [4.69, 9.17) is 9.47 Å². The Bertz CT molecular complexity index is 1460. The Morgan fingerprint density at radius 1 is 0.615 bits per heavy atom. The molecule has 6 rings (SSSR count). The predicted octanol–water partition coefficient (Wildman–Crippen LogP) is 8.92. The maximum Gasteiger partial charge on any atom is 0.228 e. The quantitative estimate of drug-likeness (QED) is 0.216. The Balaban J connectivity index is 1.36. The van der Waals surface area contributed by atoms with E-state index in [0.29, 0.717) is 0 Å². The number of carbonyl (C=O) groups excluding carboxylic acids is 2. The van der Waals surface area contributed by atoms with Crippen LogP contribution in [0.5, 0.6) is 0 Å². The first kappa shape index (κ1) is 38.6. The summed E-state index contributed by atoms with van der Waals surface area (Å²) < 4.78 is 11.3. The largest absolute Gasteiger partial charge is 0.378 e. The van der Waals surface area contributed by atoms with Gasteiger partial charge < -0.3 is 29.9 Å². The van der Waals surface area contributed by atoms with Gasteiger partial charge in [-0.05, 0) is 109 Å². The number of anilines is 4. The molecule has 4 aliphatic rings. The van der Waals surface area contributed by atoms with Crippen molar-refractivity contribution in [1.82, 2.24) is 0 Å². The minimum absolute atomic E-state index is 0.0379. The molecule has 286 valence electrons. The number of nitrogens with zero attached hydrogens (tertiary/aromatic N) is 2. The SMILES string of the molecule is CCc1cc(N2CCOCC2)cc(CC)c1NC(=O)C(C1CCCC1)C(C(=O)Nc1c(C(C)C)cc(N2CCOCC2)cc1C(C)C)C1CCCC1. The van der Waals surface area contributed by atoms with Crippen LogP contribution in [0.1, 0.15) is 127 Å². The number of rotatable bonds is 13. The van der Waals surface area contributed by atoms with Gasteiger partial charge in [-0.25, -0.2) is 0 Å². The first-order valence-electron chi connectivity index (χ1n) is 20.8. The Morgan fingerprint density at radius 3 is 1.35 bits per heavy atom. The molecule has 0 radical (unpaired) electrons. The maximum atomic E-state index is 15.1. The lowest BCUT2D eigenvalue weighted by Gasteiger charge is -2.35. The molecule has 2 N–H and O–H groups in total. The number of benzene rings is 2. The van der Waals surface area contributed by atoms with Crippen molar-refractivity contribution >= 4 is 34.6 Å². The summed E-state index contributed by atoms with van der Waals surface area (Å²) in [7, 11) is 0. The minimum Gasteiger partial charge on any atom is -0.378 e. The Labute approximate surface area is 313 Å². The number of aryl methyl sites for hydroxylation is 2. The van der Waals surface area contributed by atoms with E-state index in [1.54, 1.807) is 0 Å². The van der Waals surface area contributed by atoms with Crippen LogP contribution in [0, 0.1) is 23.7 Å². The highest BCUT2D eigenvalue weighted by Gasteiger charge is 2.45. The van der Waals surface area contributed by atoms with Gasteiger partial charge >= 0.3 is 0 Å². The maximum absolute atomic E-state index is 15.1. The summed E-state index contributed by atoms with van der Waals surface area (Å²) in [5.74, 6) is 0.213. The monoisotopic (exact) mass is 715 g/mol. The van der Waals surface area contributed by atoms with E-state index in [2.05, 4.69) is 86.2 Å². The summed E-state index contributed by atoms with van der Waals surface area (Å²) in [6.07, 6.45) is 10.2. The molecule has 0 bridgehead atoms. The van der Waals surface area contributed by atoms with E-state index in [0.717, 1.165) is 128 Å². The van der Waals surface area contributed by atoms with Gasteiger partial charge in [0.25, 0.3) is 0 Å². The molecule has 0 aromatic heterocycles. The van der Waals surface area contributed by atoms with Crippen LogP contribution < -0.4 is 20.4 Å².